The van der Waals surface area contributed by atoms with E-state index in [0.29, 0.717) is 12.6 Å². The quantitative estimate of drug-likeness (QED) is 0.866. The molecule has 0 spiro atoms. The third-order valence-corrected chi connectivity index (χ3v) is 4.15. The van der Waals surface area contributed by atoms with Gasteiger partial charge in [-0.2, -0.15) is 0 Å². The Kier molecular flexibility index (Phi) is 4.13. The van der Waals surface area contributed by atoms with Crippen molar-refractivity contribution in [2.24, 2.45) is 0 Å². The van der Waals surface area contributed by atoms with Gasteiger partial charge in [0.15, 0.2) is 0 Å². The van der Waals surface area contributed by atoms with Crippen molar-refractivity contribution in [3.63, 3.8) is 0 Å². The number of hydrogen-bond acceptors (Lipinski definition) is 3. The van der Waals surface area contributed by atoms with Crippen molar-refractivity contribution >= 4 is 11.8 Å². The van der Waals surface area contributed by atoms with Crippen LogP contribution in [0.25, 0.3) is 0 Å². The van der Waals surface area contributed by atoms with Crippen LogP contribution in [0, 0.1) is 0 Å². The number of thioether (sulfide) groups is 1. The molecular weight excluding hydrogens is 230 g/mol. The Balaban J connectivity index is 2.12. The minimum absolute atomic E-state index is 0.382. The van der Waals surface area contributed by atoms with E-state index in [-0.39, 0.29) is 0 Å². The van der Waals surface area contributed by atoms with Gasteiger partial charge in [-0.3, -0.25) is 0 Å². The minimum Gasteiger partial charge on any atom is -0.389 e. The third kappa shape index (κ3) is 3.73. The average molecular weight is 251 g/mol. The summed E-state index contributed by atoms with van der Waals surface area (Å²) in [6, 6.07) is 8.99. The maximum absolute atomic E-state index is 9.80. The largest absolute Gasteiger partial charge is 0.389 e. The molecule has 1 aliphatic heterocycles. The molecule has 0 aromatic heterocycles. The van der Waals surface area contributed by atoms with Crippen LogP contribution in [0.3, 0.4) is 0 Å². The molecule has 94 valence electrons. The van der Waals surface area contributed by atoms with Crippen molar-refractivity contribution in [2.75, 3.05) is 12.3 Å². The van der Waals surface area contributed by atoms with E-state index in [4.69, 9.17) is 0 Å². The number of hydrogen-bond donors (Lipinski definition) is 2. The van der Waals surface area contributed by atoms with Crippen molar-refractivity contribution in [1.29, 1.82) is 0 Å². The Hall–Kier alpha value is -0.510. The molecule has 2 nitrogen and oxygen atoms in total. The Morgan fingerprint density at radius 3 is 2.94 bits per heavy atom. The SMILES string of the molecule is CC(C)(O)CNC1CCCSc2ccccc21. The summed E-state index contributed by atoms with van der Waals surface area (Å²) in [5.41, 5.74) is 0.744. The van der Waals surface area contributed by atoms with Gasteiger partial charge in [-0.15, -0.1) is 11.8 Å². The van der Waals surface area contributed by atoms with Crippen LogP contribution in [0.5, 0.6) is 0 Å². The highest BCUT2D eigenvalue weighted by molar-refractivity contribution is 7.99. The summed E-state index contributed by atoms with van der Waals surface area (Å²) >= 11 is 1.94. The third-order valence-electron chi connectivity index (χ3n) is 2.97. The molecule has 0 saturated carbocycles. The van der Waals surface area contributed by atoms with E-state index >= 15 is 0 Å². The zero-order chi connectivity index (χ0) is 12.3. The lowest BCUT2D eigenvalue weighted by molar-refractivity contribution is 0.0759. The molecule has 1 aliphatic rings. The fourth-order valence-electron chi connectivity index (χ4n) is 2.11. The normalized spacial score (nSPS) is 20.8. The molecule has 0 saturated heterocycles. The van der Waals surface area contributed by atoms with Crippen LogP contribution in [-0.2, 0) is 0 Å². The van der Waals surface area contributed by atoms with Gasteiger partial charge in [0.25, 0.3) is 0 Å². The van der Waals surface area contributed by atoms with Gasteiger partial charge in [-0.25, -0.2) is 0 Å². The summed E-state index contributed by atoms with van der Waals surface area (Å²) in [7, 11) is 0. The van der Waals surface area contributed by atoms with Crippen molar-refractivity contribution in [3.05, 3.63) is 29.8 Å². The number of rotatable bonds is 3. The van der Waals surface area contributed by atoms with Crippen LogP contribution < -0.4 is 5.32 Å². The van der Waals surface area contributed by atoms with E-state index in [2.05, 4.69) is 29.6 Å². The summed E-state index contributed by atoms with van der Waals surface area (Å²) < 4.78 is 0. The molecule has 2 rings (SSSR count). The van der Waals surface area contributed by atoms with Gasteiger partial charge in [0, 0.05) is 17.5 Å². The molecule has 1 aromatic rings. The maximum Gasteiger partial charge on any atom is 0.0715 e. The molecule has 0 amide bonds. The summed E-state index contributed by atoms with van der Waals surface area (Å²) in [5.74, 6) is 1.19. The van der Waals surface area contributed by atoms with Crippen molar-refractivity contribution in [3.8, 4) is 0 Å². The monoisotopic (exact) mass is 251 g/mol. The zero-order valence-electron chi connectivity index (χ0n) is 10.6. The first kappa shape index (κ1) is 12.9. The first-order chi connectivity index (χ1) is 8.06. The van der Waals surface area contributed by atoms with Crippen molar-refractivity contribution in [1.82, 2.24) is 5.32 Å². The van der Waals surface area contributed by atoms with Crippen LogP contribution in [0.2, 0.25) is 0 Å². The Morgan fingerprint density at radius 1 is 1.41 bits per heavy atom. The van der Waals surface area contributed by atoms with E-state index < -0.39 is 5.60 Å². The van der Waals surface area contributed by atoms with Crippen LogP contribution in [0.15, 0.2) is 29.2 Å². The van der Waals surface area contributed by atoms with Crippen LogP contribution in [0.1, 0.15) is 38.3 Å². The predicted octanol–water partition coefficient (Wildman–Crippen LogP) is 2.97. The number of nitrogens with one attached hydrogen (secondary N) is 1. The van der Waals surface area contributed by atoms with Crippen molar-refractivity contribution < 1.29 is 5.11 Å². The van der Waals surface area contributed by atoms with E-state index in [1.807, 2.05) is 25.6 Å². The molecule has 1 atom stereocenters. The lowest BCUT2D eigenvalue weighted by Gasteiger charge is -2.24. The highest BCUT2D eigenvalue weighted by atomic mass is 32.2. The van der Waals surface area contributed by atoms with Crippen LogP contribution in [0.4, 0.5) is 0 Å². The molecular formula is C14H21NOS. The smallest absolute Gasteiger partial charge is 0.0715 e. The highest BCUT2D eigenvalue weighted by Crippen LogP contribution is 2.34. The van der Waals surface area contributed by atoms with E-state index in [0.717, 1.165) is 6.42 Å². The van der Waals surface area contributed by atoms with E-state index in [9.17, 15) is 5.11 Å². The topological polar surface area (TPSA) is 32.3 Å². The molecule has 0 bridgehead atoms. The molecule has 3 heteroatoms. The predicted molar refractivity (Wildman–Crippen MR) is 73.4 cm³/mol. The first-order valence-corrected chi connectivity index (χ1v) is 7.22. The highest BCUT2D eigenvalue weighted by Gasteiger charge is 2.21. The second kappa shape index (κ2) is 5.42. The molecule has 2 N–H and O–H groups in total. The molecule has 1 aromatic carbocycles. The fourth-order valence-corrected chi connectivity index (χ4v) is 3.19. The number of benzene rings is 1. The Bertz CT molecular complexity index is 373. The number of aliphatic hydroxyl groups is 1. The van der Waals surface area contributed by atoms with Gasteiger partial charge >= 0.3 is 0 Å². The maximum atomic E-state index is 9.80. The van der Waals surface area contributed by atoms with Gasteiger partial charge in [-0.1, -0.05) is 18.2 Å². The Labute approximate surface area is 108 Å². The number of fused-ring (bicyclic) bond motifs is 1. The van der Waals surface area contributed by atoms with Crippen molar-refractivity contribution in [2.45, 2.75) is 43.2 Å². The van der Waals surface area contributed by atoms with Gasteiger partial charge in [0.2, 0.25) is 0 Å². The fraction of sp³-hybridized carbons (Fsp3) is 0.571. The summed E-state index contributed by atoms with van der Waals surface area (Å²) in [5, 5.41) is 13.3. The standard InChI is InChI=1S/C14H21NOS/c1-14(2,16)10-15-12-7-5-9-17-13-8-4-3-6-11(12)13/h3-4,6,8,12,15-16H,5,7,9-10H2,1-2H3. The van der Waals surface area contributed by atoms with Crippen LogP contribution in [-0.4, -0.2) is 23.0 Å². The first-order valence-electron chi connectivity index (χ1n) is 6.24. The molecule has 0 radical (unpaired) electrons. The van der Waals surface area contributed by atoms with E-state index in [1.54, 1.807) is 0 Å². The second-order valence-electron chi connectivity index (χ2n) is 5.27. The molecule has 1 heterocycles. The lowest BCUT2D eigenvalue weighted by Crippen LogP contribution is -2.36. The summed E-state index contributed by atoms with van der Waals surface area (Å²) in [6.07, 6.45) is 2.38. The van der Waals surface area contributed by atoms with Gasteiger partial charge in [0.05, 0.1) is 5.60 Å². The Morgan fingerprint density at radius 2 is 2.18 bits per heavy atom. The lowest BCUT2D eigenvalue weighted by atomic mass is 10.0. The summed E-state index contributed by atoms with van der Waals surface area (Å²) in [4.78, 5) is 1.39. The average Bonchev–Trinajstić information content (AvgIpc) is 2.47. The second-order valence-corrected chi connectivity index (χ2v) is 6.41. The molecule has 1 unspecified atom stereocenters. The van der Waals surface area contributed by atoms with E-state index in [1.165, 1.54) is 22.6 Å². The minimum atomic E-state index is -0.644. The van der Waals surface area contributed by atoms with Gasteiger partial charge in [0.1, 0.15) is 0 Å². The van der Waals surface area contributed by atoms with Gasteiger partial charge < -0.3 is 10.4 Å². The molecule has 17 heavy (non-hydrogen) atoms. The zero-order valence-corrected chi connectivity index (χ0v) is 11.4. The summed E-state index contributed by atoms with van der Waals surface area (Å²) in [6.45, 7) is 4.32. The van der Waals surface area contributed by atoms with Gasteiger partial charge in [-0.05, 0) is 44.1 Å². The molecule has 0 fully saturated rings. The molecule has 0 aliphatic carbocycles. The van der Waals surface area contributed by atoms with Crippen LogP contribution >= 0.6 is 11.8 Å².